The molecule has 4 bridgehead atoms. The lowest BCUT2D eigenvalue weighted by Gasteiger charge is -2.70. The molecule has 5 aliphatic rings. The second kappa shape index (κ2) is 7.99. The monoisotopic (exact) mass is 501 g/mol. The Morgan fingerprint density at radius 1 is 1.14 bits per heavy atom. The van der Waals surface area contributed by atoms with Crippen molar-refractivity contribution in [1.29, 1.82) is 0 Å². The fourth-order valence-electron chi connectivity index (χ4n) is 8.63. The molecule has 4 aliphatic carbocycles. The normalized spacial score (nSPS) is 40.4. The zero-order valence-corrected chi connectivity index (χ0v) is 22.9. The number of amides is 1. The first-order chi connectivity index (χ1) is 16.7. The van der Waals surface area contributed by atoms with E-state index in [-0.39, 0.29) is 40.8 Å². The summed E-state index contributed by atoms with van der Waals surface area (Å²) in [6.45, 7) is 14.2. The minimum Gasteiger partial charge on any atom is -0.443 e. The molecule has 7 nitrogen and oxygen atoms in total. The maximum Gasteiger partial charge on any atom is 0.508 e. The van der Waals surface area contributed by atoms with Gasteiger partial charge in [-0.25, -0.2) is 9.59 Å². The van der Waals surface area contributed by atoms with Gasteiger partial charge in [0.25, 0.3) is 0 Å². The summed E-state index contributed by atoms with van der Waals surface area (Å²) in [6, 6.07) is 0. The molecule has 5 rings (SSSR count). The smallest absolute Gasteiger partial charge is 0.443 e. The second-order valence-electron chi connectivity index (χ2n) is 13.8. The molecule has 1 aliphatic heterocycles. The van der Waals surface area contributed by atoms with E-state index in [4.69, 9.17) is 14.2 Å². The summed E-state index contributed by atoms with van der Waals surface area (Å²) >= 11 is 0. The van der Waals surface area contributed by atoms with Crippen LogP contribution in [0.4, 0.5) is 9.59 Å². The third-order valence-corrected chi connectivity index (χ3v) is 9.69. The molecule has 7 heteroatoms. The second-order valence-corrected chi connectivity index (χ2v) is 13.8. The van der Waals surface area contributed by atoms with Crippen LogP contribution in [-0.2, 0) is 14.2 Å². The van der Waals surface area contributed by atoms with Crippen LogP contribution in [0, 0.1) is 34.0 Å². The molecule has 1 N–H and O–H groups in total. The van der Waals surface area contributed by atoms with E-state index in [1.54, 1.807) is 0 Å². The van der Waals surface area contributed by atoms with Gasteiger partial charge in [-0.2, -0.15) is 0 Å². The first-order valence-corrected chi connectivity index (χ1v) is 13.6. The van der Waals surface area contributed by atoms with Crippen LogP contribution in [0.15, 0.2) is 23.9 Å². The largest absolute Gasteiger partial charge is 0.508 e. The molecule has 1 amide bonds. The summed E-state index contributed by atoms with van der Waals surface area (Å²) in [6.07, 6.45) is 9.81. The standard InChI is InChI=1S/C29H43NO6/c1-18-10-9-13-28-20-12-8-11-19(22(28)31)27(20,14-15-34-24(33)36-26(5,6)7)16-21-29(18,28)17-30(21)23(32)35-25(2,3)4/h8,11,16,18-20,22,31H,9-10,12-15,17H2,1-7H3/t18?,19-,20-,22-,27-,28-,29+/m0/s1. The van der Waals surface area contributed by atoms with Gasteiger partial charge >= 0.3 is 12.2 Å². The van der Waals surface area contributed by atoms with Crippen molar-refractivity contribution in [3.8, 4) is 0 Å². The van der Waals surface area contributed by atoms with Gasteiger partial charge in [0.1, 0.15) is 11.2 Å². The minimum absolute atomic E-state index is 0.0701. The van der Waals surface area contributed by atoms with Crippen molar-refractivity contribution in [1.82, 2.24) is 4.90 Å². The molecule has 200 valence electrons. The Hall–Kier alpha value is -2.02. The van der Waals surface area contributed by atoms with Gasteiger partial charge in [-0.15, -0.1) is 0 Å². The van der Waals surface area contributed by atoms with E-state index in [2.05, 4.69) is 25.2 Å². The molecule has 1 heterocycles. The quantitative estimate of drug-likeness (QED) is 0.387. The number of hydrogen-bond acceptors (Lipinski definition) is 6. The number of rotatable bonds is 3. The van der Waals surface area contributed by atoms with Crippen molar-refractivity contribution in [3.63, 3.8) is 0 Å². The number of hydrogen-bond donors (Lipinski definition) is 1. The fourth-order valence-corrected chi connectivity index (χ4v) is 8.63. The van der Waals surface area contributed by atoms with Crippen LogP contribution in [0.3, 0.4) is 0 Å². The van der Waals surface area contributed by atoms with E-state index in [0.717, 1.165) is 31.4 Å². The van der Waals surface area contributed by atoms with Gasteiger partial charge in [-0.05, 0) is 79.1 Å². The number of likely N-dealkylation sites (tertiary alicyclic amines) is 1. The van der Waals surface area contributed by atoms with Crippen LogP contribution in [0.5, 0.6) is 0 Å². The molecule has 0 aromatic rings. The number of allylic oxidation sites excluding steroid dienone is 2. The van der Waals surface area contributed by atoms with E-state index in [1.165, 1.54) is 0 Å². The fraction of sp³-hybridized carbons (Fsp3) is 0.793. The van der Waals surface area contributed by atoms with Crippen molar-refractivity contribution in [2.45, 2.75) is 97.9 Å². The van der Waals surface area contributed by atoms with Crippen LogP contribution in [0.25, 0.3) is 0 Å². The van der Waals surface area contributed by atoms with E-state index in [1.807, 2.05) is 46.4 Å². The van der Waals surface area contributed by atoms with Gasteiger partial charge < -0.3 is 19.3 Å². The Kier molecular flexibility index (Phi) is 5.69. The number of carbonyl (C=O) groups excluding carboxylic acids is 2. The van der Waals surface area contributed by atoms with Gasteiger partial charge in [0.05, 0.1) is 12.7 Å². The molecule has 0 aromatic carbocycles. The van der Waals surface area contributed by atoms with Crippen LogP contribution >= 0.6 is 0 Å². The van der Waals surface area contributed by atoms with Crippen LogP contribution < -0.4 is 0 Å². The van der Waals surface area contributed by atoms with Crippen LogP contribution in [-0.4, -0.2) is 52.7 Å². The number of carbonyl (C=O) groups is 2. The van der Waals surface area contributed by atoms with Gasteiger partial charge in [0.2, 0.25) is 0 Å². The highest BCUT2D eigenvalue weighted by Gasteiger charge is 2.80. The zero-order chi connectivity index (χ0) is 26.3. The number of aliphatic hydroxyl groups is 1. The summed E-state index contributed by atoms with van der Waals surface area (Å²) in [4.78, 5) is 27.4. The van der Waals surface area contributed by atoms with E-state index < -0.39 is 23.5 Å². The lowest BCUT2D eigenvalue weighted by molar-refractivity contribution is -0.188. The highest BCUT2D eigenvalue weighted by atomic mass is 16.7. The van der Waals surface area contributed by atoms with Crippen molar-refractivity contribution in [3.05, 3.63) is 23.9 Å². The summed E-state index contributed by atoms with van der Waals surface area (Å²) in [5.41, 5.74) is -1.09. The molecule has 36 heavy (non-hydrogen) atoms. The van der Waals surface area contributed by atoms with Crippen molar-refractivity contribution in [2.24, 2.45) is 34.0 Å². The number of nitrogens with zero attached hydrogens (tertiary/aromatic N) is 1. The molecule has 0 radical (unpaired) electrons. The predicted octanol–water partition coefficient (Wildman–Crippen LogP) is 5.82. The topological polar surface area (TPSA) is 85.3 Å². The zero-order valence-electron chi connectivity index (χ0n) is 22.9. The Balaban J connectivity index is 1.53. The number of aliphatic hydroxyl groups excluding tert-OH is 1. The van der Waals surface area contributed by atoms with Gasteiger partial charge in [0.15, 0.2) is 0 Å². The SMILES string of the molecule is CC1CCC[C@@]23[C@@H](O)[C@@H]4C=CC[C@H]2[C@@]4(CCOC(=O)OC(C)(C)C)C=C2N(C(=O)OC(C)(C)C)C[C@]213. The van der Waals surface area contributed by atoms with Crippen molar-refractivity contribution in [2.75, 3.05) is 13.2 Å². The van der Waals surface area contributed by atoms with E-state index >= 15 is 0 Å². The third-order valence-electron chi connectivity index (χ3n) is 9.69. The molecule has 0 aromatic heterocycles. The Morgan fingerprint density at radius 3 is 2.50 bits per heavy atom. The van der Waals surface area contributed by atoms with Crippen LogP contribution in [0.1, 0.15) is 80.6 Å². The molecule has 1 unspecified atom stereocenters. The molecule has 2 saturated carbocycles. The van der Waals surface area contributed by atoms with Gasteiger partial charge in [-0.3, -0.25) is 4.90 Å². The third kappa shape index (κ3) is 3.40. The highest BCUT2D eigenvalue weighted by molar-refractivity contribution is 5.74. The lowest BCUT2D eigenvalue weighted by atomic mass is 9.39. The first kappa shape index (κ1) is 25.6. The average Bonchev–Trinajstić information content (AvgIpc) is 2.79. The number of ether oxygens (including phenoxy) is 3. The lowest BCUT2D eigenvalue weighted by Crippen LogP contribution is -2.72. The van der Waals surface area contributed by atoms with Crippen molar-refractivity contribution < 1.29 is 28.9 Å². The van der Waals surface area contributed by atoms with E-state index in [0.29, 0.717) is 18.9 Å². The summed E-state index contributed by atoms with van der Waals surface area (Å²) < 4.78 is 16.7. The Bertz CT molecular complexity index is 1000. The summed E-state index contributed by atoms with van der Waals surface area (Å²) in [7, 11) is 0. The minimum atomic E-state index is -0.670. The molecular formula is C29H43NO6. The average molecular weight is 502 g/mol. The maximum atomic E-state index is 13.3. The Labute approximate surface area is 215 Å². The van der Waals surface area contributed by atoms with Crippen LogP contribution in [0.2, 0.25) is 0 Å². The summed E-state index contributed by atoms with van der Waals surface area (Å²) in [5.74, 6) is 0.532. The molecule has 7 atom stereocenters. The summed E-state index contributed by atoms with van der Waals surface area (Å²) in [5, 5.41) is 12.1. The highest BCUT2D eigenvalue weighted by Crippen LogP contribution is 2.80. The molecule has 2 spiro atoms. The van der Waals surface area contributed by atoms with Crippen molar-refractivity contribution >= 4 is 12.2 Å². The van der Waals surface area contributed by atoms with Gasteiger partial charge in [-0.1, -0.05) is 31.6 Å². The first-order valence-electron chi connectivity index (χ1n) is 13.6. The molecule has 1 saturated heterocycles. The predicted molar refractivity (Wildman–Crippen MR) is 135 cm³/mol. The Morgan fingerprint density at radius 2 is 1.83 bits per heavy atom. The van der Waals surface area contributed by atoms with E-state index in [9.17, 15) is 14.7 Å². The molecule has 3 fully saturated rings. The molecular weight excluding hydrogens is 458 g/mol. The van der Waals surface area contributed by atoms with Gasteiger partial charge in [0, 0.05) is 34.4 Å². The maximum absolute atomic E-state index is 13.3.